The summed E-state index contributed by atoms with van der Waals surface area (Å²) in [5, 5.41) is 10.0. The van der Waals surface area contributed by atoms with E-state index >= 15 is 0 Å². The fraction of sp³-hybridized carbons (Fsp3) is 0.146. The lowest BCUT2D eigenvalue weighted by molar-refractivity contribution is -0.138. The molecule has 4 aromatic rings. The average Bonchev–Trinajstić information content (AvgIpc) is 3.17. The van der Waals surface area contributed by atoms with Gasteiger partial charge in [-0.2, -0.15) is 0 Å². The van der Waals surface area contributed by atoms with E-state index in [2.05, 4.69) is 25.0 Å². The van der Waals surface area contributed by atoms with Crippen molar-refractivity contribution in [2.45, 2.75) is 12.8 Å². The number of carboxylic acid groups (broad SMARTS) is 1. The lowest BCUT2D eigenvalue weighted by Gasteiger charge is -2.13. The van der Waals surface area contributed by atoms with Gasteiger partial charge in [-0.05, 0) is 60.7 Å². The van der Waals surface area contributed by atoms with E-state index in [1.54, 1.807) is 36.4 Å². The molecule has 4 rings (SSSR count). The van der Waals surface area contributed by atoms with E-state index in [9.17, 15) is 29.1 Å². The third-order valence-electron chi connectivity index (χ3n) is 6.95. The van der Waals surface area contributed by atoms with Gasteiger partial charge in [0.1, 0.15) is 28.6 Å². The largest absolute Gasteiger partial charge is 0.493 e. The van der Waals surface area contributed by atoms with Crippen LogP contribution in [0.25, 0.3) is 0 Å². The Morgan fingerprint density at radius 2 is 1.09 bits per heavy atom. The fourth-order valence-electron chi connectivity index (χ4n) is 4.31. The van der Waals surface area contributed by atoms with Gasteiger partial charge in [0.15, 0.2) is 0 Å². The maximum atomic E-state index is 13.2. The molecule has 0 aliphatic rings. The molecule has 270 valence electrons. The first-order valence-electron chi connectivity index (χ1n) is 16.1. The summed E-state index contributed by atoms with van der Waals surface area (Å²) >= 11 is 0. The van der Waals surface area contributed by atoms with Crippen LogP contribution in [0.1, 0.15) is 55.0 Å². The molecule has 0 aromatic heterocycles. The summed E-state index contributed by atoms with van der Waals surface area (Å²) in [7, 11) is 0. The third kappa shape index (κ3) is 12.3. The SMILES string of the molecule is C=CC(=O)OCCCOc1ccc(C(=O)Oc2cc(C(=O)O)c(OC(=O)c3ccc(OCCCOC(=O)C=C)cc3)cc2C#Cc2ccccc2)cc1. The highest BCUT2D eigenvalue weighted by molar-refractivity contribution is 5.97. The van der Waals surface area contributed by atoms with Crippen molar-refractivity contribution in [3.8, 4) is 34.8 Å². The Morgan fingerprint density at radius 3 is 1.57 bits per heavy atom. The number of hydrogen-bond donors (Lipinski definition) is 1. The Morgan fingerprint density at radius 1 is 0.604 bits per heavy atom. The van der Waals surface area contributed by atoms with Gasteiger partial charge < -0.3 is 33.5 Å². The summed E-state index contributed by atoms with van der Waals surface area (Å²) in [6, 6.07) is 23.2. The first-order chi connectivity index (χ1) is 25.7. The minimum atomic E-state index is -1.45. The first kappa shape index (κ1) is 38.7. The molecule has 0 fully saturated rings. The number of rotatable bonds is 17. The first-order valence-corrected chi connectivity index (χ1v) is 16.1. The molecule has 12 heteroatoms. The highest BCUT2D eigenvalue weighted by atomic mass is 16.6. The van der Waals surface area contributed by atoms with Crippen molar-refractivity contribution in [1.82, 2.24) is 0 Å². The van der Waals surface area contributed by atoms with Crippen molar-refractivity contribution in [3.05, 3.63) is 144 Å². The molecule has 0 unspecified atom stereocenters. The van der Waals surface area contributed by atoms with E-state index in [4.69, 9.17) is 28.4 Å². The molecule has 53 heavy (non-hydrogen) atoms. The van der Waals surface area contributed by atoms with Crippen LogP contribution in [0.4, 0.5) is 0 Å². The summed E-state index contributed by atoms with van der Waals surface area (Å²) in [4.78, 5) is 60.9. The standard InChI is InChI=1S/C41H34O12/c1-3-37(42)50-24-8-22-48-32-18-14-29(15-19-32)40(46)52-35-27-34(39(44)45)36(26-31(35)13-12-28-10-6-5-7-11-28)53-41(47)30-16-20-33(21-17-30)49-23-9-25-51-38(43)4-2/h3-7,10-11,14-21,26-27H,1-2,8-9,22-25H2,(H,44,45). The fourth-order valence-corrected chi connectivity index (χ4v) is 4.31. The van der Waals surface area contributed by atoms with Crippen molar-refractivity contribution in [2.75, 3.05) is 26.4 Å². The van der Waals surface area contributed by atoms with Crippen molar-refractivity contribution >= 4 is 29.8 Å². The minimum absolute atomic E-state index is 0.0784. The van der Waals surface area contributed by atoms with E-state index in [1.807, 2.05) is 6.07 Å². The number of esters is 4. The highest BCUT2D eigenvalue weighted by Crippen LogP contribution is 2.31. The van der Waals surface area contributed by atoms with Crippen LogP contribution in [0.15, 0.2) is 116 Å². The molecule has 1 N–H and O–H groups in total. The van der Waals surface area contributed by atoms with Gasteiger partial charge in [-0.1, -0.05) is 43.2 Å². The second-order valence-electron chi connectivity index (χ2n) is 10.7. The molecule has 0 amide bonds. The molecule has 0 aliphatic carbocycles. The Labute approximate surface area is 305 Å². The summed E-state index contributed by atoms with van der Waals surface area (Å²) in [6.07, 6.45) is 3.01. The zero-order valence-electron chi connectivity index (χ0n) is 28.4. The Kier molecular flexibility index (Phi) is 14.5. The molecule has 0 spiro atoms. The lowest BCUT2D eigenvalue weighted by atomic mass is 10.1. The second-order valence-corrected chi connectivity index (χ2v) is 10.7. The predicted octanol–water partition coefficient (Wildman–Crippen LogP) is 6.22. The van der Waals surface area contributed by atoms with E-state index in [-0.39, 0.29) is 54.6 Å². The summed E-state index contributed by atoms with van der Waals surface area (Å²) in [5.41, 5.74) is 0.487. The number of ether oxygens (including phenoxy) is 6. The van der Waals surface area contributed by atoms with E-state index in [0.717, 1.165) is 18.2 Å². The molecular formula is C41H34O12. The van der Waals surface area contributed by atoms with E-state index in [0.29, 0.717) is 29.9 Å². The van der Waals surface area contributed by atoms with Gasteiger partial charge in [-0.3, -0.25) is 0 Å². The number of carboxylic acids is 1. The Bertz CT molecular complexity index is 2000. The summed E-state index contributed by atoms with van der Waals surface area (Å²) in [5.74, 6) is 2.05. The van der Waals surface area contributed by atoms with Crippen LogP contribution in [0.2, 0.25) is 0 Å². The molecule has 0 atom stereocenters. The topological polar surface area (TPSA) is 161 Å². The van der Waals surface area contributed by atoms with Gasteiger partial charge in [0.05, 0.1) is 43.1 Å². The summed E-state index contributed by atoms with van der Waals surface area (Å²) in [6.45, 7) is 7.46. The molecule has 0 saturated heterocycles. The zero-order chi connectivity index (χ0) is 38.0. The molecule has 0 bridgehead atoms. The van der Waals surface area contributed by atoms with Crippen LogP contribution < -0.4 is 18.9 Å². The van der Waals surface area contributed by atoms with Gasteiger partial charge in [-0.15, -0.1) is 0 Å². The number of aromatic carboxylic acids is 1. The third-order valence-corrected chi connectivity index (χ3v) is 6.95. The number of hydrogen-bond acceptors (Lipinski definition) is 11. The number of carbonyl (C=O) groups excluding carboxylic acids is 4. The van der Waals surface area contributed by atoms with E-state index < -0.39 is 35.4 Å². The van der Waals surface area contributed by atoms with Crippen LogP contribution in [0.5, 0.6) is 23.0 Å². The maximum Gasteiger partial charge on any atom is 0.343 e. The monoisotopic (exact) mass is 718 g/mol. The van der Waals surface area contributed by atoms with Crippen LogP contribution in [-0.4, -0.2) is 61.4 Å². The predicted molar refractivity (Wildman–Crippen MR) is 191 cm³/mol. The quantitative estimate of drug-likeness (QED) is 0.0432. The normalized spacial score (nSPS) is 10.0. The van der Waals surface area contributed by atoms with Gasteiger partial charge in [-0.25, -0.2) is 24.0 Å². The van der Waals surface area contributed by atoms with Crippen molar-refractivity contribution < 1.29 is 57.5 Å². The smallest absolute Gasteiger partial charge is 0.343 e. The van der Waals surface area contributed by atoms with E-state index in [1.165, 1.54) is 42.5 Å². The minimum Gasteiger partial charge on any atom is -0.493 e. The Hall–Kier alpha value is -7.13. The highest BCUT2D eigenvalue weighted by Gasteiger charge is 2.22. The molecular weight excluding hydrogens is 684 g/mol. The number of carbonyl (C=O) groups is 5. The van der Waals surface area contributed by atoms with Crippen LogP contribution in [0, 0.1) is 11.8 Å². The zero-order valence-corrected chi connectivity index (χ0v) is 28.4. The van der Waals surface area contributed by atoms with Gasteiger partial charge >= 0.3 is 29.8 Å². The summed E-state index contributed by atoms with van der Waals surface area (Å²) < 4.78 is 32.2. The van der Waals surface area contributed by atoms with Crippen LogP contribution in [0.3, 0.4) is 0 Å². The lowest BCUT2D eigenvalue weighted by Crippen LogP contribution is -2.14. The number of benzene rings is 4. The molecule has 0 saturated carbocycles. The molecule has 12 nitrogen and oxygen atoms in total. The molecule has 0 radical (unpaired) electrons. The van der Waals surface area contributed by atoms with Crippen LogP contribution >= 0.6 is 0 Å². The molecule has 4 aromatic carbocycles. The van der Waals surface area contributed by atoms with Crippen molar-refractivity contribution in [2.24, 2.45) is 0 Å². The van der Waals surface area contributed by atoms with Gasteiger partial charge in [0, 0.05) is 42.7 Å². The van der Waals surface area contributed by atoms with Crippen molar-refractivity contribution in [1.29, 1.82) is 0 Å². The van der Waals surface area contributed by atoms with Gasteiger partial charge in [0.25, 0.3) is 0 Å². The average molecular weight is 719 g/mol. The Balaban J connectivity index is 1.50. The van der Waals surface area contributed by atoms with Crippen LogP contribution in [-0.2, 0) is 19.1 Å². The molecule has 0 heterocycles. The maximum absolute atomic E-state index is 13.2. The molecule has 0 aliphatic heterocycles. The van der Waals surface area contributed by atoms with Crippen molar-refractivity contribution in [3.63, 3.8) is 0 Å². The van der Waals surface area contributed by atoms with Gasteiger partial charge in [0.2, 0.25) is 0 Å². The second kappa shape index (κ2) is 19.9.